The zero-order valence-corrected chi connectivity index (χ0v) is 22.9. The van der Waals surface area contributed by atoms with E-state index < -0.39 is 5.97 Å². The first-order valence-corrected chi connectivity index (χ1v) is 14.1. The average molecular weight is 543 g/mol. The fourth-order valence-electron chi connectivity index (χ4n) is 5.67. The molecule has 3 aromatic heterocycles. The van der Waals surface area contributed by atoms with Crippen LogP contribution in [0.25, 0.3) is 22.6 Å². The lowest BCUT2D eigenvalue weighted by Crippen LogP contribution is -2.46. The Morgan fingerprint density at radius 2 is 1.90 bits per heavy atom. The van der Waals surface area contributed by atoms with Gasteiger partial charge in [-0.3, -0.25) is 9.69 Å². The highest BCUT2D eigenvalue weighted by Gasteiger charge is 2.38. The van der Waals surface area contributed by atoms with Crippen molar-refractivity contribution in [3.8, 4) is 16.9 Å². The molecule has 1 unspecified atom stereocenters. The number of carbonyl (C=O) groups is 2. The molecule has 0 bridgehead atoms. The van der Waals surface area contributed by atoms with Crippen LogP contribution in [0, 0.1) is 11.8 Å². The monoisotopic (exact) mass is 542 g/mol. The maximum atomic E-state index is 14.0. The van der Waals surface area contributed by atoms with E-state index in [9.17, 15) is 9.59 Å². The van der Waals surface area contributed by atoms with Gasteiger partial charge >= 0.3 is 5.97 Å². The van der Waals surface area contributed by atoms with Gasteiger partial charge in [-0.05, 0) is 63.1 Å². The summed E-state index contributed by atoms with van der Waals surface area (Å²) in [7, 11) is 0. The minimum Gasteiger partial charge on any atom is -0.462 e. The van der Waals surface area contributed by atoms with E-state index in [1.165, 1.54) is 0 Å². The van der Waals surface area contributed by atoms with Crippen molar-refractivity contribution in [2.75, 3.05) is 24.7 Å². The summed E-state index contributed by atoms with van der Waals surface area (Å²) in [5, 5.41) is 9.43. The van der Waals surface area contributed by atoms with Gasteiger partial charge in [-0.2, -0.15) is 5.10 Å². The Morgan fingerprint density at radius 1 is 1.10 bits per heavy atom. The Kier molecular flexibility index (Phi) is 7.34. The number of hydrogen-bond donors (Lipinski definition) is 0. The number of anilines is 1. The SMILES string of the molecule is CCOC(=O)c1cn(-c2ccc(-c3cc4ncccn4n3)cc2)nc1N(C(=O)C1CCC(C)CC1)C1CCOC1. The molecule has 10 nitrogen and oxygen atoms in total. The standard InChI is InChI=1S/C30H34N6O4/c1-3-40-30(38)25-18-35(23-11-9-21(10-12-23)26-17-27-31-14-4-15-34(27)32-26)33-28(25)36(24-13-16-39-19-24)29(37)22-7-5-20(2)6-8-22/h4,9-12,14-15,17-18,20,22,24H,3,5-8,13,16,19H2,1-2H3. The first-order valence-electron chi connectivity index (χ1n) is 14.1. The summed E-state index contributed by atoms with van der Waals surface area (Å²) in [6.07, 6.45) is 9.71. The molecule has 1 amide bonds. The van der Waals surface area contributed by atoms with Crippen LogP contribution in [0.2, 0.25) is 0 Å². The summed E-state index contributed by atoms with van der Waals surface area (Å²) in [5.74, 6) is 0.409. The van der Waals surface area contributed by atoms with Gasteiger partial charge in [-0.25, -0.2) is 19.0 Å². The number of rotatable bonds is 7. The van der Waals surface area contributed by atoms with E-state index >= 15 is 0 Å². The fourth-order valence-corrected chi connectivity index (χ4v) is 5.67. The van der Waals surface area contributed by atoms with Crippen molar-refractivity contribution in [1.82, 2.24) is 24.4 Å². The van der Waals surface area contributed by atoms with Gasteiger partial charge in [0.05, 0.1) is 30.6 Å². The first-order chi connectivity index (χ1) is 19.5. The van der Waals surface area contributed by atoms with Gasteiger partial charge in [0.2, 0.25) is 5.91 Å². The van der Waals surface area contributed by atoms with Crippen molar-refractivity contribution in [1.29, 1.82) is 0 Å². The Balaban J connectivity index is 1.35. The molecule has 0 spiro atoms. The second-order valence-electron chi connectivity index (χ2n) is 10.7. The molecule has 2 aliphatic rings. The zero-order valence-electron chi connectivity index (χ0n) is 22.9. The van der Waals surface area contributed by atoms with Crippen molar-refractivity contribution in [2.24, 2.45) is 11.8 Å². The van der Waals surface area contributed by atoms with Crippen LogP contribution in [0.1, 0.15) is 56.3 Å². The van der Waals surface area contributed by atoms with Crippen molar-refractivity contribution in [3.63, 3.8) is 0 Å². The number of amides is 1. The van der Waals surface area contributed by atoms with Crippen LogP contribution < -0.4 is 4.90 Å². The highest BCUT2D eigenvalue weighted by atomic mass is 16.5. The molecule has 208 valence electrons. The van der Waals surface area contributed by atoms with Gasteiger partial charge in [0.15, 0.2) is 11.5 Å². The van der Waals surface area contributed by atoms with E-state index in [2.05, 4.69) is 17.0 Å². The molecule has 2 fully saturated rings. The van der Waals surface area contributed by atoms with Gasteiger partial charge < -0.3 is 9.47 Å². The fraction of sp³-hybridized carbons (Fsp3) is 0.433. The maximum absolute atomic E-state index is 14.0. The molecular weight excluding hydrogens is 508 g/mol. The third-order valence-corrected chi connectivity index (χ3v) is 7.96. The Morgan fingerprint density at radius 3 is 2.60 bits per heavy atom. The summed E-state index contributed by atoms with van der Waals surface area (Å²) in [4.78, 5) is 33.2. The van der Waals surface area contributed by atoms with E-state index in [4.69, 9.17) is 14.6 Å². The zero-order chi connectivity index (χ0) is 27.6. The number of nitrogens with zero attached hydrogens (tertiary/aromatic N) is 6. The molecule has 1 aliphatic carbocycles. The van der Waals surface area contributed by atoms with Gasteiger partial charge in [-0.1, -0.05) is 19.1 Å². The lowest BCUT2D eigenvalue weighted by atomic mass is 9.82. The quantitative estimate of drug-likeness (QED) is 0.312. The van der Waals surface area contributed by atoms with Crippen LogP contribution in [0.5, 0.6) is 0 Å². The molecule has 0 N–H and O–H groups in total. The van der Waals surface area contributed by atoms with Gasteiger partial charge in [0.1, 0.15) is 5.56 Å². The van der Waals surface area contributed by atoms with Gasteiger partial charge in [0.25, 0.3) is 0 Å². The number of fused-ring (bicyclic) bond motifs is 1. The summed E-state index contributed by atoms with van der Waals surface area (Å²) in [6, 6.07) is 11.4. The van der Waals surface area contributed by atoms with Gasteiger partial charge in [-0.15, -0.1) is 5.10 Å². The molecule has 1 saturated heterocycles. The van der Waals surface area contributed by atoms with Crippen molar-refractivity contribution < 1.29 is 19.1 Å². The lowest BCUT2D eigenvalue weighted by molar-refractivity contribution is -0.124. The van der Waals surface area contributed by atoms with E-state index in [0.29, 0.717) is 31.4 Å². The normalized spacial score (nSPS) is 21.0. The smallest absolute Gasteiger partial charge is 0.343 e. The van der Waals surface area contributed by atoms with Crippen LogP contribution in [0.15, 0.2) is 55.0 Å². The van der Waals surface area contributed by atoms with Crippen LogP contribution in [-0.2, 0) is 14.3 Å². The Bertz CT molecular complexity index is 1460. The minimum absolute atomic E-state index is 0.0222. The Hall–Kier alpha value is -4.05. The van der Waals surface area contributed by atoms with E-state index in [-0.39, 0.29) is 30.0 Å². The summed E-state index contributed by atoms with van der Waals surface area (Å²) in [5.41, 5.74) is 3.54. The molecule has 1 saturated carbocycles. The van der Waals surface area contributed by atoms with Crippen molar-refractivity contribution in [3.05, 3.63) is 60.6 Å². The van der Waals surface area contributed by atoms with Crippen molar-refractivity contribution in [2.45, 2.75) is 52.0 Å². The molecule has 1 aromatic carbocycles. The maximum Gasteiger partial charge on any atom is 0.343 e. The second kappa shape index (κ2) is 11.2. The third-order valence-electron chi connectivity index (χ3n) is 7.96. The largest absolute Gasteiger partial charge is 0.462 e. The number of carbonyl (C=O) groups excluding carboxylic acids is 2. The summed E-state index contributed by atoms with van der Waals surface area (Å²) < 4.78 is 14.5. The highest BCUT2D eigenvalue weighted by molar-refractivity contribution is 6.02. The molecule has 40 heavy (non-hydrogen) atoms. The second-order valence-corrected chi connectivity index (χ2v) is 10.7. The molecule has 6 rings (SSSR count). The molecule has 4 heterocycles. The van der Waals surface area contributed by atoms with Crippen LogP contribution in [0.4, 0.5) is 5.82 Å². The van der Waals surface area contributed by atoms with E-state index in [1.54, 1.807) is 33.4 Å². The topological polar surface area (TPSA) is 104 Å². The lowest BCUT2D eigenvalue weighted by Gasteiger charge is -2.33. The predicted octanol–water partition coefficient (Wildman–Crippen LogP) is 4.71. The Labute approximate surface area is 232 Å². The number of aromatic nitrogens is 5. The van der Waals surface area contributed by atoms with Gasteiger partial charge in [0, 0.05) is 42.7 Å². The highest BCUT2D eigenvalue weighted by Crippen LogP contribution is 2.34. The van der Waals surface area contributed by atoms with E-state index in [1.807, 2.05) is 42.6 Å². The molecule has 1 atom stereocenters. The van der Waals surface area contributed by atoms with Crippen LogP contribution in [0.3, 0.4) is 0 Å². The molecule has 1 aliphatic heterocycles. The number of hydrogen-bond acceptors (Lipinski definition) is 7. The number of benzene rings is 1. The molecule has 4 aromatic rings. The molecular formula is C30H34N6O4. The minimum atomic E-state index is -0.494. The van der Waals surface area contributed by atoms with Crippen LogP contribution in [-0.4, -0.2) is 62.1 Å². The number of esters is 1. The van der Waals surface area contributed by atoms with Crippen molar-refractivity contribution >= 4 is 23.3 Å². The van der Waals surface area contributed by atoms with Crippen LogP contribution >= 0.6 is 0 Å². The number of ether oxygens (including phenoxy) is 2. The average Bonchev–Trinajstić information content (AvgIpc) is 3.74. The first kappa shape index (κ1) is 26.2. The summed E-state index contributed by atoms with van der Waals surface area (Å²) in [6.45, 7) is 5.23. The third kappa shape index (κ3) is 5.11. The molecule has 10 heteroatoms. The summed E-state index contributed by atoms with van der Waals surface area (Å²) >= 11 is 0. The molecule has 0 radical (unpaired) electrons. The predicted molar refractivity (Wildman–Crippen MR) is 149 cm³/mol. The van der Waals surface area contributed by atoms with E-state index in [0.717, 1.165) is 48.3 Å².